The molecule has 0 aliphatic rings. The number of nitrogens with one attached hydrogen (secondary N) is 1. The third-order valence-corrected chi connectivity index (χ3v) is 4.02. The summed E-state index contributed by atoms with van der Waals surface area (Å²) in [6.45, 7) is 4.88. The summed E-state index contributed by atoms with van der Waals surface area (Å²) in [5.41, 5.74) is -2.22. The monoisotopic (exact) mass is 417 g/mol. The van der Waals surface area contributed by atoms with E-state index >= 15 is 0 Å². The second kappa shape index (κ2) is 7.89. The summed E-state index contributed by atoms with van der Waals surface area (Å²) in [6.07, 6.45) is -7.21. The lowest BCUT2D eigenvalue weighted by Crippen LogP contribution is -2.27. The minimum atomic E-state index is -4.67. The van der Waals surface area contributed by atoms with Gasteiger partial charge in [0.15, 0.2) is 0 Å². The molecule has 0 bridgehead atoms. The van der Waals surface area contributed by atoms with Crippen LogP contribution < -0.4 is 5.32 Å². The Morgan fingerprint density at radius 3 is 2.36 bits per heavy atom. The number of anilines is 1. The number of aliphatic hydroxyl groups is 1. The second-order valence-corrected chi connectivity index (χ2v) is 7.39. The predicted molar refractivity (Wildman–Crippen MR) is 98.5 cm³/mol. The van der Waals surface area contributed by atoms with Gasteiger partial charge in [-0.1, -0.05) is 23.7 Å². The molecule has 152 valence electrons. The third-order valence-electron chi connectivity index (χ3n) is 3.61. The number of aromatic hydroxyl groups is 1. The fourth-order valence-corrected chi connectivity index (χ4v) is 2.64. The van der Waals surface area contributed by atoms with Crippen molar-refractivity contribution in [3.63, 3.8) is 0 Å². The van der Waals surface area contributed by atoms with Crippen LogP contribution in [0.5, 0.6) is 5.75 Å². The van der Waals surface area contributed by atoms with E-state index in [1.807, 2.05) is 0 Å². The highest BCUT2D eigenvalue weighted by Gasteiger charge is 2.32. The van der Waals surface area contributed by atoms with Gasteiger partial charge in [0, 0.05) is 11.1 Å². The average Bonchev–Trinajstić information content (AvgIpc) is 2.54. The van der Waals surface area contributed by atoms with Crippen LogP contribution in [0.15, 0.2) is 36.4 Å². The van der Waals surface area contributed by atoms with E-state index in [1.165, 1.54) is 18.2 Å². The molecule has 0 saturated carbocycles. The van der Waals surface area contributed by atoms with E-state index < -0.39 is 29.5 Å². The minimum absolute atomic E-state index is 0.0202. The van der Waals surface area contributed by atoms with E-state index in [2.05, 4.69) is 5.32 Å². The molecule has 0 saturated heterocycles. The number of benzene rings is 2. The molecule has 0 aliphatic carbocycles. The van der Waals surface area contributed by atoms with E-state index in [0.29, 0.717) is 6.07 Å². The maximum Gasteiger partial charge on any atom is 0.416 e. The summed E-state index contributed by atoms with van der Waals surface area (Å²) < 4.78 is 44.5. The Balaban J connectivity index is 2.51. The van der Waals surface area contributed by atoms with Gasteiger partial charge >= 0.3 is 12.3 Å². The smallest absolute Gasteiger partial charge is 0.416 e. The summed E-state index contributed by atoms with van der Waals surface area (Å²) in [7, 11) is 0. The molecular formula is C19H19ClF3NO4. The molecule has 0 aromatic heterocycles. The van der Waals surface area contributed by atoms with Crippen molar-refractivity contribution in [2.45, 2.75) is 38.7 Å². The molecule has 9 heteroatoms. The fraction of sp³-hybridized carbons (Fsp3) is 0.316. The van der Waals surface area contributed by atoms with Crippen LogP contribution >= 0.6 is 11.6 Å². The molecule has 1 amide bonds. The Labute approximate surface area is 164 Å². The summed E-state index contributed by atoms with van der Waals surface area (Å²) >= 11 is 5.97. The number of hydrogen-bond donors (Lipinski definition) is 3. The van der Waals surface area contributed by atoms with Crippen LogP contribution in [0.1, 0.15) is 43.6 Å². The topological polar surface area (TPSA) is 78.8 Å². The molecule has 1 unspecified atom stereocenters. The number of phenolic OH excluding ortho intramolecular Hbond substituents is 1. The normalized spacial score (nSPS) is 13.1. The van der Waals surface area contributed by atoms with Gasteiger partial charge in [-0.25, -0.2) is 4.79 Å². The van der Waals surface area contributed by atoms with Crippen molar-refractivity contribution >= 4 is 23.4 Å². The van der Waals surface area contributed by atoms with E-state index in [-0.39, 0.29) is 27.6 Å². The van der Waals surface area contributed by atoms with Crippen LogP contribution in [-0.4, -0.2) is 21.9 Å². The van der Waals surface area contributed by atoms with Crippen molar-refractivity contribution in [2.24, 2.45) is 0 Å². The number of hydrogen-bond acceptors (Lipinski definition) is 4. The Morgan fingerprint density at radius 1 is 1.14 bits per heavy atom. The summed E-state index contributed by atoms with van der Waals surface area (Å²) in [6, 6.07) is 6.50. The van der Waals surface area contributed by atoms with Crippen LogP contribution in [0.4, 0.5) is 23.7 Å². The van der Waals surface area contributed by atoms with Gasteiger partial charge in [0.2, 0.25) is 0 Å². The van der Waals surface area contributed by atoms with Gasteiger partial charge in [0.25, 0.3) is 0 Å². The zero-order chi connectivity index (χ0) is 21.3. The number of phenols is 1. The van der Waals surface area contributed by atoms with Crippen molar-refractivity contribution in [3.8, 4) is 5.75 Å². The number of carbonyl (C=O) groups excluding carboxylic acids is 1. The number of aliphatic hydroxyl groups excluding tert-OH is 1. The number of rotatable bonds is 3. The summed E-state index contributed by atoms with van der Waals surface area (Å²) in [4.78, 5) is 12.0. The van der Waals surface area contributed by atoms with Crippen LogP contribution in [0.2, 0.25) is 5.02 Å². The standard InChI is InChI=1S/C19H19ClF3NO4/c1-18(2,3)28-17(27)24-13-8-7-10(19(21,22)23)9-12(13)16(26)11-5-4-6-14(25)15(11)20/h4-9,16,25-26H,1-3H3,(H,24,27). The first-order chi connectivity index (χ1) is 12.8. The number of ether oxygens (including phenoxy) is 1. The van der Waals surface area contributed by atoms with Gasteiger partial charge in [-0.15, -0.1) is 0 Å². The molecule has 0 fully saturated rings. The van der Waals surface area contributed by atoms with Crippen LogP contribution in [0.25, 0.3) is 0 Å². The largest absolute Gasteiger partial charge is 0.506 e. The Morgan fingerprint density at radius 2 is 1.79 bits per heavy atom. The fourth-order valence-electron chi connectivity index (χ4n) is 2.41. The number of alkyl halides is 3. The highest BCUT2D eigenvalue weighted by atomic mass is 35.5. The van der Waals surface area contributed by atoms with Crippen LogP contribution in [-0.2, 0) is 10.9 Å². The quantitative estimate of drug-likeness (QED) is 0.616. The molecule has 0 aliphatic heterocycles. The Kier molecular flexibility index (Phi) is 6.15. The first kappa shape index (κ1) is 21.8. The molecule has 2 aromatic rings. The van der Waals surface area contributed by atoms with Crippen LogP contribution in [0.3, 0.4) is 0 Å². The molecule has 0 radical (unpaired) electrons. The van der Waals surface area contributed by atoms with Gasteiger partial charge in [-0.3, -0.25) is 5.32 Å². The van der Waals surface area contributed by atoms with Gasteiger partial charge in [0.05, 0.1) is 16.3 Å². The zero-order valence-electron chi connectivity index (χ0n) is 15.3. The Hall–Kier alpha value is -2.45. The molecule has 2 rings (SSSR count). The lowest BCUT2D eigenvalue weighted by Gasteiger charge is -2.22. The van der Waals surface area contributed by atoms with Gasteiger partial charge in [-0.05, 0) is 45.0 Å². The van der Waals surface area contributed by atoms with Crippen molar-refractivity contribution in [3.05, 3.63) is 58.1 Å². The summed E-state index contributed by atoms with van der Waals surface area (Å²) in [5, 5.41) is 22.5. The molecular weight excluding hydrogens is 399 g/mol. The van der Waals surface area contributed by atoms with Gasteiger partial charge in [0.1, 0.15) is 17.5 Å². The third kappa shape index (κ3) is 5.30. The van der Waals surface area contributed by atoms with Gasteiger partial charge in [-0.2, -0.15) is 13.2 Å². The number of halogens is 4. The second-order valence-electron chi connectivity index (χ2n) is 7.01. The molecule has 28 heavy (non-hydrogen) atoms. The molecule has 5 nitrogen and oxygen atoms in total. The first-order valence-corrected chi connectivity index (χ1v) is 8.54. The average molecular weight is 418 g/mol. The van der Waals surface area contributed by atoms with Crippen molar-refractivity contribution in [2.75, 3.05) is 5.32 Å². The maximum absolute atomic E-state index is 13.1. The molecule has 0 heterocycles. The van der Waals surface area contributed by atoms with Gasteiger partial charge < -0.3 is 14.9 Å². The molecule has 3 N–H and O–H groups in total. The van der Waals surface area contributed by atoms with E-state index in [1.54, 1.807) is 20.8 Å². The predicted octanol–water partition coefficient (Wildman–Crippen LogP) is 5.49. The maximum atomic E-state index is 13.1. The van der Waals surface area contributed by atoms with Crippen LogP contribution in [0, 0.1) is 0 Å². The first-order valence-electron chi connectivity index (χ1n) is 8.16. The SMILES string of the molecule is CC(C)(C)OC(=O)Nc1ccc(C(F)(F)F)cc1C(O)c1cccc(O)c1Cl. The molecule has 0 spiro atoms. The van der Waals surface area contributed by atoms with E-state index in [0.717, 1.165) is 12.1 Å². The lowest BCUT2D eigenvalue weighted by molar-refractivity contribution is -0.137. The zero-order valence-corrected chi connectivity index (χ0v) is 16.0. The van der Waals surface area contributed by atoms with Crippen molar-refractivity contribution in [1.82, 2.24) is 0 Å². The lowest BCUT2D eigenvalue weighted by atomic mass is 9.97. The summed E-state index contributed by atoms with van der Waals surface area (Å²) in [5.74, 6) is -0.341. The molecule has 2 aromatic carbocycles. The highest BCUT2D eigenvalue weighted by Crippen LogP contribution is 2.39. The van der Waals surface area contributed by atoms with Crippen molar-refractivity contribution in [1.29, 1.82) is 0 Å². The number of carbonyl (C=O) groups is 1. The minimum Gasteiger partial charge on any atom is -0.506 e. The van der Waals surface area contributed by atoms with Crippen molar-refractivity contribution < 1.29 is 32.9 Å². The number of amides is 1. The molecule has 1 atom stereocenters. The highest BCUT2D eigenvalue weighted by molar-refractivity contribution is 6.32. The van der Waals surface area contributed by atoms with E-state index in [4.69, 9.17) is 16.3 Å². The Bertz CT molecular complexity index is 878. The van der Waals surface area contributed by atoms with E-state index in [9.17, 15) is 28.2 Å².